The first-order chi connectivity index (χ1) is 15.1. The summed E-state index contributed by atoms with van der Waals surface area (Å²) in [4.78, 5) is 33.4. The zero-order chi connectivity index (χ0) is 21.1. The number of rotatable bonds is 2. The van der Waals surface area contributed by atoms with Crippen LogP contribution in [0.5, 0.6) is 0 Å². The lowest BCUT2D eigenvalue weighted by Gasteiger charge is -2.46. The van der Waals surface area contributed by atoms with Gasteiger partial charge in [-0.25, -0.2) is 0 Å². The van der Waals surface area contributed by atoms with Crippen LogP contribution in [-0.4, -0.2) is 27.9 Å². The molecule has 0 aromatic carbocycles. The fraction of sp³-hybridized carbons (Fsp3) is 0.500. The Morgan fingerprint density at radius 1 is 1.10 bits per heavy atom. The van der Waals surface area contributed by atoms with Crippen molar-refractivity contribution in [1.82, 2.24) is 10.1 Å². The molecule has 5 atom stereocenters. The second-order valence-corrected chi connectivity index (χ2v) is 9.21. The first-order valence-corrected chi connectivity index (χ1v) is 11.3. The van der Waals surface area contributed by atoms with Crippen molar-refractivity contribution in [1.29, 1.82) is 0 Å². The monoisotopic (exact) mass is 419 g/mol. The molecule has 7 heteroatoms. The van der Waals surface area contributed by atoms with Gasteiger partial charge < -0.3 is 9.26 Å². The predicted octanol–water partition coefficient (Wildman–Crippen LogP) is 3.90. The number of carbonyl (C=O) groups excluding carboxylic acids is 2. The molecule has 2 saturated carbocycles. The van der Waals surface area contributed by atoms with Gasteiger partial charge in [0.2, 0.25) is 0 Å². The van der Waals surface area contributed by atoms with E-state index in [0.717, 1.165) is 19.3 Å². The Bertz CT molecular complexity index is 1080. The van der Waals surface area contributed by atoms with E-state index in [1.54, 1.807) is 19.2 Å². The zero-order valence-electron chi connectivity index (χ0n) is 17.5. The number of Topliss-reactive ketones (excluding diaryl/α,β-unsaturated/α-hetero) is 1. The van der Waals surface area contributed by atoms with E-state index in [1.807, 2.05) is 18.2 Å². The van der Waals surface area contributed by atoms with Gasteiger partial charge in [0.1, 0.15) is 17.9 Å². The summed E-state index contributed by atoms with van der Waals surface area (Å²) in [5, 5.41) is 4.07. The molecule has 1 amide bonds. The van der Waals surface area contributed by atoms with Gasteiger partial charge in [-0.3, -0.25) is 19.5 Å². The third-order valence-corrected chi connectivity index (χ3v) is 7.51. The fourth-order valence-corrected chi connectivity index (χ4v) is 6.15. The highest BCUT2D eigenvalue weighted by atomic mass is 16.5. The summed E-state index contributed by atoms with van der Waals surface area (Å²) in [5.41, 5.74) is 1.06. The second-order valence-electron chi connectivity index (χ2n) is 9.21. The number of fused-ring (bicyclic) bond motifs is 3. The van der Waals surface area contributed by atoms with Crippen LogP contribution in [0, 0.1) is 24.7 Å². The molecule has 0 bridgehead atoms. The molecule has 4 heterocycles. The molecular formula is C24H25N3O4. The standard InChI is InChI=1S/C24H25N3O4/c1-13-12-18(26-31-13)27-20(17-8-4-5-11-25-17)19-21(28)16-10-9-14-6-2-3-7-15(14)22(16)30-23(19)24(27)29/h4-5,8,11-12,14-16,20,22H,2-3,6-7,9-10H2,1H3. The van der Waals surface area contributed by atoms with Crippen molar-refractivity contribution < 1.29 is 18.8 Å². The lowest BCUT2D eigenvalue weighted by atomic mass is 9.63. The molecule has 2 aliphatic carbocycles. The summed E-state index contributed by atoms with van der Waals surface area (Å²) < 4.78 is 11.7. The average Bonchev–Trinajstić information content (AvgIpc) is 3.35. The summed E-state index contributed by atoms with van der Waals surface area (Å²) in [6, 6.07) is 6.58. The predicted molar refractivity (Wildman–Crippen MR) is 111 cm³/mol. The topological polar surface area (TPSA) is 85.5 Å². The van der Waals surface area contributed by atoms with Gasteiger partial charge in [0, 0.05) is 12.3 Å². The smallest absolute Gasteiger partial charge is 0.296 e. The summed E-state index contributed by atoms with van der Waals surface area (Å²) in [5.74, 6) is 1.65. The van der Waals surface area contributed by atoms with Crippen LogP contribution in [0.25, 0.3) is 0 Å². The van der Waals surface area contributed by atoms with Gasteiger partial charge in [-0.2, -0.15) is 0 Å². The fourth-order valence-electron chi connectivity index (χ4n) is 6.15. The van der Waals surface area contributed by atoms with E-state index in [4.69, 9.17) is 9.26 Å². The molecule has 2 fully saturated rings. The van der Waals surface area contributed by atoms with Gasteiger partial charge in [-0.1, -0.05) is 30.5 Å². The quantitative estimate of drug-likeness (QED) is 0.734. The van der Waals surface area contributed by atoms with Crippen molar-refractivity contribution in [3.8, 4) is 0 Å². The number of pyridine rings is 1. The molecular weight excluding hydrogens is 394 g/mol. The Morgan fingerprint density at radius 2 is 1.97 bits per heavy atom. The number of anilines is 1. The van der Waals surface area contributed by atoms with Crippen LogP contribution < -0.4 is 4.90 Å². The van der Waals surface area contributed by atoms with Crippen LogP contribution >= 0.6 is 0 Å². The van der Waals surface area contributed by atoms with E-state index in [1.165, 1.54) is 24.2 Å². The van der Waals surface area contributed by atoms with Crippen LogP contribution in [0.4, 0.5) is 5.82 Å². The zero-order valence-corrected chi connectivity index (χ0v) is 17.5. The van der Waals surface area contributed by atoms with Gasteiger partial charge in [0.15, 0.2) is 17.4 Å². The van der Waals surface area contributed by atoms with E-state index in [-0.39, 0.29) is 29.5 Å². The Balaban J connectivity index is 1.46. The lowest BCUT2D eigenvalue weighted by Crippen LogP contribution is -2.48. The average molecular weight is 419 g/mol. The van der Waals surface area contributed by atoms with Gasteiger partial charge in [0.05, 0.1) is 17.2 Å². The van der Waals surface area contributed by atoms with E-state index in [9.17, 15) is 9.59 Å². The van der Waals surface area contributed by atoms with Crippen molar-refractivity contribution >= 4 is 17.5 Å². The normalized spacial score (nSPS) is 32.4. The van der Waals surface area contributed by atoms with Crippen molar-refractivity contribution in [2.75, 3.05) is 4.90 Å². The first-order valence-electron chi connectivity index (χ1n) is 11.3. The highest BCUT2D eigenvalue weighted by Gasteiger charge is 2.56. The number of nitrogens with zero attached hydrogens (tertiary/aromatic N) is 3. The lowest BCUT2D eigenvalue weighted by molar-refractivity contribution is -0.139. The minimum atomic E-state index is -0.647. The number of ether oxygens (including phenoxy) is 1. The number of amides is 1. The van der Waals surface area contributed by atoms with E-state index in [0.29, 0.717) is 34.7 Å². The summed E-state index contributed by atoms with van der Waals surface area (Å²) in [6.07, 6.45) is 8.07. The molecule has 2 aliphatic heterocycles. The largest absolute Gasteiger partial charge is 0.483 e. The molecule has 2 aromatic rings. The van der Waals surface area contributed by atoms with Gasteiger partial charge in [0.25, 0.3) is 5.91 Å². The number of carbonyl (C=O) groups is 2. The number of aryl methyl sites for hydroxylation is 1. The third-order valence-electron chi connectivity index (χ3n) is 7.51. The number of aromatic nitrogens is 2. The number of hydrogen-bond acceptors (Lipinski definition) is 6. The third kappa shape index (κ3) is 2.78. The SMILES string of the molecule is Cc1cc(N2C(=O)C3=C(C(=O)C4CCC5CCCCC5C4O3)C2c2ccccn2)no1. The van der Waals surface area contributed by atoms with Crippen LogP contribution in [0.3, 0.4) is 0 Å². The molecule has 31 heavy (non-hydrogen) atoms. The molecule has 160 valence electrons. The minimum Gasteiger partial charge on any atom is -0.483 e. The highest BCUT2D eigenvalue weighted by Crippen LogP contribution is 2.52. The Hall–Kier alpha value is -2.96. The van der Waals surface area contributed by atoms with Crippen LogP contribution in [0.1, 0.15) is 56.0 Å². The molecule has 0 N–H and O–H groups in total. The molecule has 7 nitrogen and oxygen atoms in total. The van der Waals surface area contributed by atoms with Crippen LogP contribution in [0.2, 0.25) is 0 Å². The molecule has 2 aromatic heterocycles. The van der Waals surface area contributed by atoms with Crippen LogP contribution in [-0.2, 0) is 14.3 Å². The van der Waals surface area contributed by atoms with E-state index < -0.39 is 6.04 Å². The minimum absolute atomic E-state index is 0.0435. The summed E-state index contributed by atoms with van der Waals surface area (Å²) in [7, 11) is 0. The van der Waals surface area contributed by atoms with E-state index in [2.05, 4.69) is 10.1 Å². The second kappa shape index (κ2) is 7.04. The van der Waals surface area contributed by atoms with Crippen molar-refractivity contribution in [3.05, 3.63) is 53.2 Å². The maximum absolute atomic E-state index is 13.8. The molecule has 0 spiro atoms. The maximum atomic E-state index is 13.8. The first kappa shape index (κ1) is 18.8. The summed E-state index contributed by atoms with van der Waals surface area (Å²) >= 11 is 0. The maximum Gasteiger partial charge on any atom is 0.296 e. The van der Waals surface area contributed by atoms with Gasteiger partial charge in [-0.15, -0.1) is 0 Å². The van der Waals surface area contributed by atoms with Gasteiger partial charge in [-0.05, 0) is 50.2 Å². The highest BCUT2D eigenvalue weighted by molar-refractivity contribution is 6.17. The Kier molecular flexibility index (Phi) is 4.26. The molecule has 0 saturated heterocycles. The Morgan fingerprint density at radius 3 is 2.74 bits per heavy atom. The molecule has 6 rings (SSSR count). The molecule has 5 unspecified atom stereocenters. The number of ketones is 1. The van der Waals surface area contributed by atoms with Crippen molar-refractivity contribution in [2.24, 2.45) is 17.8 Å². The van der Waals surface area contributed by atoms with Gasteiger partial charge >= 0.3 is 0 Å². The van der Waals surface area contributed by atoms with Crippen molar-refractivity contribution in [3.63, 3.8) is 0 Å². The number of hydrogen-bond donors (Lipinski definition) is 0. The Labute approximate surface area is 180 Å². The molecule has 0 radical (unpaired) electrons. The van der Waals surface area contributed by atoms with E-state index >= 15 is 0 Å². The van der Waals surface area contributed by atoms with Crippen LogP contribution in [0.15, 0.2) is 46.3 Å². The van der Waals surface area contributed by atoms with Crippen molar-refractivity contribution in [2.45, 2.75) is 57.6 Å². The molecule has 4 aliphatic rings. The summed E-state index contributed by atoms with van der Waals surface area (Å²) in [6.45, 7) is 1.78.